The molecular formula is C15H29N7O6S2. The molecule has 13 nitrogen and oxygen atoms in total. The summed E-state index contributed by atoms with van der Waals surface area (Å²) >= 11 is 7.74. The summed E-state index contributed by atoms with van der Waals surface area (Å²) < 4.78 is 0. The Balaban J connectivity index is 5.18. The molecule has 0 aromatic carbocycles. The van der Waals surface area contributed by atoms with Crippen molar-refractivity contribution in [2.75, 3.05) is 24.7 Å². The van der Waals surface area contributed by atoms with Crippen molar-refractivity contribution in [2.24, 2.45) is 22.2 Å². The largest absolute Gasteiger partial charge is 0.480 e. The van der Waals surface area contributed by atoms with Crippen LogP contribution in [0.4, 0.5) is 0 Å². The van der Waals surface area contributed by atoms with Gasteiger partial charge in [0.15, 0.2) is 5.96 Å². The molecule has 0 rings (SSSR count). The standard InChI is InChI=1S/C15H29N7O6S2/c16-7(5-29)11(24)20-8(2-1-3-19-15(17)18)12(25)21-9(4-23)13(26)22-10(6-30)14(27)28/h7-10,23,29-30H,1-6,16H2,(H,20,24)(H,21,25)(H,22,26)(H,27,28)(H4,17,18,19). The van der Waals surface area contributed by atoms with Crippen LogP contribution in [-0.4, -0.2) is 88.7 Å². The average Bonchev–Trinajstić information content (AvgIpc) is 2.70. The number of nitrogens with one attached hydrogen (secondary N) is 3. The van der Waals surface area contributed by atoms with Crippen molar-refractivity contribution < 1.29 is 29.4 Å². The summed E-state index contributed by atoms with van der Waals surface area (Å²) in [6.45, 7) is -0.617. The zero-order valence-electron chi connectivity index (χ0n) is 16.2. The highest BCUT2D eigenvalue weighted by Crippen LogP contribution is 2.01. The van der Waals surface area contributed by atoms with Crippen molar-refractivity contribution in [2.45, 2.75) is 37.0 Å². The Hall–Kier alpha value is -2.23. The van der Waals surface area contributed by atoms with E-state index in [2.05, 4.69) is 46.2 Å². The Bertz CT molecular complexity index is 633. The second-order valence-electron chi connectivity index (χ2n) is 6.12. The second-order valence-corrected chi connectivity index (χ2v) is 6.86. The van der Waals surface area contributed by atoms with Crippen LogP contribution < -0.4 is 33.2 Å². The lowest BCUT2D eigenvalue weighted by Gasteiger charge is -2.23. The number of aliphatic carboxylic acids is 1. The summed E-state index contributed by atoms with van der Waals surface area (Å²) in [6.07, 6.45) is 0.408. The van der Waals surface area contributed by atoms with Crippen LogP contribution in [0.2, 0.25) is 0 Å². The number of carboxylic acids is 1. The van der Waals surface area contributed by atoms with Crippen LogP contribution >= 0.6 is 25.3 Å². The summed E-state index contributed by atoms with van der Waals surface area (Å²) in [7, 11) is 0. The highest BCUT2D eigenvalue weighted by molar-refractivity contribution is 7.80. The maximum absolute atomic E-state index is 12.6. The van der Waals surface area contributed by atoms with E-state index in [0.29, 0.717) is 6.42 Å². The molecule has 172 valence electrons. The molecule has 0 heterocycles. The van der Waals surface area contributed by atoms with Gasteiger partial charge in [-0.15, -0.1) is 0 Å². The average molecular weight is 468 g/mol. The van der Waals surface area contributed by atoms with Gasteiger partial charge in [0.05, 0.1) is 12.6 Å². The Morgan fingerprint density at radius 1 is 0.900 bits per heavy atom. The number of hydrogen-bond donors (Lipinski definition) is 10. The minimum atomic E-state index is -1.45. The number of nitrogens with zero attached hydrogens (tertiary/aromatic N) is 1. The molecule has 0 aromatic rings. The molecule has 0 aromatic heterocycles. The lowest BCUT2D eigenvalue weighted by molar-refractivity contribution is -0.142. The van der Waals surface area contributed by atoms with E-state index in [1.165, 1.54) is 0 Å². The van der Waals surface area contributed by atoms with Crippen LogP contribution in [0.25, 0.3) is 0 Å². The topological polar surface area (TPSA) is 235 Å². The fourth-order valence-corrected chi connectivity index (χ4v) is 2.47. The molecule has 30 heavy (non-hydrogen) atoms. The molecule has 0 aliphatic rings. The van der Waals surface area contributed by atoms with E-state index in [-0.39, 0.29) is 30.4 Å². The third-order valence-corrected chi connectivity index (χ3v) is 4.48. The van der Waals surface area contributed by atoms with Gasteiger partial charge in [0.2, 0.25) is 17.7 Å². The molecule has 0 bridgehead atoms. The number of hydrogen-bond acceptors (Lipinski definition) is 9. The molecule has 11 N–H and O–H groups in total. The number of thiol groups is 2. The molecule has 0 saturated carbocycles. The molecule has 4 atom stereocenters. The van der Waals surface area contributed by atoms with Crippen molar-refractivity contribution in [1.82, 2.24) is 16.0 Å². The quantitative estimate of drug-likeness (QED) is 0.0514. The van der Waals surface area contributed by atoms with E-state index in [0.717, 1.165) is 0 Å². The number of rotatable bonds is 14. The van der Waals surface area contributed by atoms with Gasteiger partial charge < -0.3 is 43.4 Å². The van der Waals surface area contributed by atoms with Crippen molar-refractivity contribution in [3.63, 3.8) is 0 Å². The summed E-state index contributed by atoms with van der Waals surface area (Å²) in [5.41, 5.74) is 16.1. The lowest BCUT2D eigenvalue weighted by Crippen LogP contribution is -2.58. The summed E-state index contributed by atoms with van der Waals surface area (Å²) in [4.78, 5) is 51.6. The van der Waals surface area contributed by atoms with Gasteiger partial charge in [0.1, 0.15) is 18.1 Å². The molecule has 0 aliphatic heterocycles. The van der Waals surface area contributed by atoms with Crippen molar-refractivity contribution in [3.8, 4) is 0 Å². The van der Waals surface area contributed by atoms with Crippen molar-refractivity contribution in [3.05, 3.63) is 0 Å². The SMILES string of the molecule is NC(N)=NCCCC(NC(=O)C(N)CS)C(=O)NC(CO)C(=O)NC(CS)C(=O)O. The first-order chi connectivity index (χ1) is 14.1. The van der Waals surface area contributed by atoms with Crippen LogP contribution in [-0.2, 0) is 19.2 Å². The van der Waals surface area contributed by atoms with E-state index in [1.807, 2.05) is 0 Å². The molecule has 0 aliphatic carbocycles. The van der Waals surface area contributed by atoms with Crippen molar-refractivity contribution >= 4 is 54.9 Å². The fourth-order valence-electron chi connectivity index (χ4n) is 2.06. The second kappa shape index (κ2) is 14.7. The number of carboxylic acid groups (broad SMARTS) is 1. The summed E-state index contributed by atoms with van der Waals surface area (Å²) in [6, 6.07) is -4.84. The molecule has 4 unspecified atom stereocenters. The number of aliphatic imine (C=N–C) groups is 1. The van der Waals surface area contributed by atoms with Crippen LogP contribution in [0.15, 0.2) is 4.99 Å². The minimum absolute atomic E-state index is 0.0378. The van der Waals surface area contributed by atoms with Gasteiger partial charge in [0.25, 0.3) is 0 Å². The molecule has 0 saturated heterocycles. The Labute approximate surface area is 184 Å². The van der Waals surface area contributed by atoms with Gasteiger partial charge in [-0.05, 0) is 12.8 Å². The number of guanidine groups is 1. The Morgan fingerprint density at radius 3 is 1.90 bits per heavy atom. The Morgan fingerprint density at radius 2 is 1.43 bits per heavy atom. The summed E-state index contributed by atoms with van der Waals surface area (Å²) in [5, 5.41) is 25.3. The maximum Gasteiger partial charge on any atom is 0.327 e. The van der Waals surface area contributed by atoms with Gasteiger partial charge in [-0.3, -0.25) is 19.4 Å². The zero-order valence-corrected chi connectivity index (χ0v) is 17.9. The number of amides is 3. The van der Waals surface area contributed by atoms with E-state index >= 15 is 0 Å². The number of carbonyl (C=O) groups is 4. The van der Waals surface area contributed by atoms with Crippen LogP contribution in [0.3, 0.4) is 0 Å². The zero-order chi connectivity index (χ0) is 23.3. The molecule has 3 amide bonds. The first-order valence-corrected chi connectivity index (χ1v) is 10.1. The first-order valence-electron chi connectivity index (χ1n) is 8.84. The summed E-state index contributed by atoms with van der Waals surface area (Å²) in [5.74, 6) is -3.97. The van der Waals surface area contributed by atoms with Crippen molar-refractivity contribution in [1.29, 1.82) is 0 Å². The highest BCUT2D eigenvalue weighted by Gasteiger charge is 2.29. The monoisotopic (exact) mass is 467 g/mol. The predicted molar refractivity (Wildman–Crippen MR) is 116 cm³/mol. The molecule has 0 spiro atoms. The first kappa shape index (κ1) is 27.8. The smallest absolute Gasteiger partial charge is 0.327 e. The van der Waals surface area contributed by atoms with E-state index in [4.69, 9.17) is 22.3 Å². The highest BCUT2D eigenvalue weighted by atomic mass is 32.1. The van der Waals surface area contributed by atoms with Crippen LogP contribution in [0.1, 0.15) is 12.8 Å². The number of carbonyl (C=O) groups excluding carboxylic acids is 3. The van der Waals surface area contributed by atoms with Crippen LogP contribution in [0.5, 0.6) is 0 Å². The van der Waals surface area contributed by atoms with Gasteiger partial charge in [-0.2, -0.15) is 25.3 Å². The fraction of sp³-hybridized carbons (Fsp3) is 0.667. The van der Waals surface area contributed by atoms with E-state index in [1.54, 1.807) is 0 Å². The third-order valence-electron chi connectivity index (χ3n) is 3.72. The normalized spacial score (nSPS) is 14.5. The third kappa shape index (κ3) is 10.5. The predicted octanol–water partition coefficient (Wildman–Crippen LogP) is -4.24. The lowest BCUT2D eigenvalue weighted by atomic mass is 10.1. The van der Waals surface area contributed by atoms with Gasteiger partial charge in [-0.1, -0.05) is 0 Å². The Kier molecular flexibility index (Phi) is 13.6. The number of nitrogens with two attached hydrogens (primary N) is 3. The van der Waals surface area contributed by atoms with Crippen LogP contribution in [0, 0.1) is 0 Å². The van der Waals surface area contributed by atoms with Gasteiger partial charge in [-0.25, -0.2) is 4.79 Å². The minimum Gasteiger partial charge on any atom is -0.480 e. The van der Waals surface area contributed by atoms with Gasteiger partial charge >= 0.3 is 5.97 Å². The molecule has 15 heteroatoms. The molecule has 0 fully saturated rings. The van der Waals surface area contributed by atoms with Gasteiger partial charge in [0, 0.05) is 18.1 Å². The molecular weight excluding hydrogens is 438 g/mol. The number of aliphatic hydroxyl groups is 1. The maximum atomic E-state index is 12.6. The van der Waals surface area contributed by atoms with E-state index in [9.17, 15) is 24.3 Å². The number of aliphatic hydroxyl groups excluding tert-OH is 1. The molecule has 0 radical (unpaired) electrons. The van der Waals surface area contributed by atoms with E-state index < -0.39 is 54.5 Å².